The summed E-state index contributed by atoms with van der Waals surface area (Å²) >= 11 is 6.10. The van der Waals surface area contributed by atoms with Crippen molar-refractivity contribution in [2.45, 2.75) is 38.6 Å². The van der Waals surface area contributed by atoms with Crippen molar-refractivity contribution < 1.29 is 14.1 Å². The number of hydrogen-bond acceptors (Lipinski definition) is 5. The topological polar surface area (TPSA) is 109 Å². The normalized spacial score (nSPS) is 13.3. The van der Waals surface area contributed by atoms with E-state index < -0.39 is 6.03 Å². The van der Waals surface area contributed by atoms with Crippen LogP contribution in [0.15, 0.2) is 22.7 Å². The van der Waals surface area contributed by atoms with Crippen LogP contribution in [0, 0.1) is 0 Å². The molecule has 1 saturated carbocycles. The largest absolute Gasteiger partial charge is 0.352 e. The van der Waals surface area contributed by atoms with E-state index in [1.54, 1.807) is 12.1 Å². The van der Waals surface area contributed by atoms with E-state index in [1.165, 1.54) is 6.07 Å². The molecule has 26 heavy (non-hydrogen) atoms. The highest BCUT2D eigenvalue weighted by molar-refractivity contribution is 6.33. The fourth-order valence-electron chi connectivity index (χ4n) is 2.27. The fraction of sp³-hybridized carbons (Fsp3) is 0.412. The van der Waals surface area contributed by atoms with Gasteiger partial charge in [0.25, 0.3) is 5.91 Å². The molecule has 1 aromatic heterocycles. The van der Waals surface area contributed by atoms with Gasteiger partial charge >= 0.3 is 6.03 Å². The highest BCUT2D eigenvalue weighted by Crippen LogP contribution is 2.38. The van der Waals surface area contributed by atoms with Gasteiger partial charge in [0, 0.05) is 18.0 Å². The lowest BCUT2D eigenvalue weighted by Crippen LogP contribution is -2.29. The van der Waals surface area contributed by atoms with Crippen molar-refractivity contribution in [3.05, 3.63) is 40.5 Å². The van der Waals surface area contributed by atoms with Gasteiger partial charge in [-0.15, -0.1) is 0 Å². The maximum Gasteiger partial charge on any atom is 0.319 e. The first-order valence-electron chi connectivity index (χ1n) is 8.52. The summed E-state index contributed by atoms with van der Waals surface area (Å²) in [6.45, 7) is 2.66. The Kier molecular flexibility index (Phi) is 5.72. The Hall–Kier alpha value is -2.61. The molecule has 138 valence electrons. The van der Waals surface area contributed by atoms with Crippen LogP contribution < -0.4 is 16.0 Å². The Morgan fingerprint density at radius 2 is 2.12 bits per heavy atom. The fourth-order valence-corrected chi connectivity index (χ4v) is 2.44. The molecule has 1 aliphatic rings. The third-order valence-corrected chi connectivity index (χ3v) is 4.17. The molecule has 0 unspecified atom stereocenters. The highest BCUT2D eigenvalue weighted by atomic mass is 35.5. The maximum absolute atomic E-state index is 12.1. The number of halogens is 1. The zero-order chi connectivity index (χ0) is 18.5. The van der Waals surface area contributed by atoms with E-state index in [1.807, 2.05) is 6.92 Å². The molecule has 0 aliphatic heterocycles. The minimum atomic E-state index is -0.482. The summed E-state index contributed by atoms with van der Waals surface area (Å²) in [7, 11) is 0. The number of carbonyl (C=O) groups is 2. The Morgan fingerprint density at radius 3 is 2.85 bits per heavy atom. The van der Waals surface area contributed by atoms with E-state index >= 15 is 0 Å². The van der Waals surface area contributed by atoms with Crippen molar-refractivity contribution >= 4 is 29.2 Å². The van der Waals surface area contributed by atoms with Gasteiger partial charge in [0.15, 0.2) is 5.82 Å². The number of aromatic nitrogens is 2. The van der Waals surface area contributed by atoms with Crippen molar-refractivity contribution in [3.8, 4) is 0 Å². The molecule has 1 aromatic carbocycles. The molecule has 1 heterocycles. The van der Waals surface area contributed by atoms with Crippen LogP contribution in [0.2, 0.25) is 5.02 Å². The number of nitrogens with zero attached hydrogens (tertiary/aromatic N) is 2. The van der Waals surface area contributed by atoms with Gasteiger partial charge in [-0.1, -0.05) is 23.7 Å². The van der Waals surface area contributed by atoms with E-state index in [0.717, 1.165) is 19.3 Å². The predicted molar refractivity (Wildman–Crippen MR) is 96.2 cm³/mol. The van der Waals surface area contributed by atoms with Gasteiger partial charge in [-0.3, -0.25) is 4.79 Å². The molecule has 0 atom stereocenters. The third-order valence-electron chi connectivity index (χ3n) is 3.84. The first-order chi connectivity index (χ1) is 12.6. The van der Waals surface area contributed by atoms with Gasteiger partial charge in [0.2, 0.25) is 5.89 Å². The summed E-state index contributed by atoms with van der Waals surface area (Å²) in [6, 6.07) is 4.22. The van der Waals surface area contributed by atoms with Crippen LogP contribution in [0.3, 0.4) is 0 Å². The van der Waals surface area contributed by atoms with E-state index in [0.29, 0.717) is 40.5 Å². The molecule has 2 aromatic rings. The Labute approximate surface area is 155 Å². The van der Waals surface area contributed by atoms with Crippen LogP contribution in [0.25, 0.3) is 0 Å². The average molecular weight is 378 g/mol. The van der Waals surface area contributed by atoms with Gasteiger partial charge in [-0.25, -0.2) is 4.79 Å². The lowest BCUT2D eigenvalue weighted by atomic mass is 10.2. The molecule has 1 aliphatic carbocycles. The first-order valence-corrected chi connectivity index (χ1v) is 8.89. The Balaban J connectivity index is 1.56. The minimum Gasteiger partial charge on any atom is -0.352 e. The summed E-state index contributed by atoms with van der Waals surface area (Å²) in [6.07, 6.45) is 2.99. The van der Waals surface area contributed by atoms with Crippen molar-refractivity contribution in [1.29, 1.82) is 0 Å². The summed E-state index contributed by atoms with van der Waals surface area (Å²) in [5.74, 6) is 1.21. The van der Waals surface area contributed by atoms with Gasteiger partial charge in [-0.05, 0) is 37.5 Å². The number of anilines is 1. The predicted octanol–water partition coefficient (Wildman–Crippen LogP) is 3.06. The average Bonchev–Trinajstić information content (AvgIpc) is 3.38. The van der Waals surface area contributed by atoms with Crippen molar-refractivity contribution in [2.75, 3.05) is 11.9 Å². The molecule has 0 radical (unpaired) electrons. The van der Waals surface area contributed by atoms with E-state index in [-0.39, 0.29) is 12.5 Å². The summed E-state index contributed by atoms with van der Waals surface area (Å²) in [4.78, 5) is 28.3. The van der Waals surface area contributed by atoms with Gasteiger partial charge < -0.3 is 20.5 Å². The Bertz CT molecular complexity index is 803. The second-order valence-electron chi connectivity index (χ2n) is 6.08. The monoisotopic (exact) mass is 377 g/mol. The van der Waals surface area contributed by atoms with Crippen molar-refractivity contribution in [3.63, 3.8) is 0 Å². The van der Waals surface area contributed by atoms with Gasteiger partial charge in [0.1, 0.15) is 0 Å². The molecule has 3 rings (SSSR count). The number of carbonyl (C=O) groups excluding carboxylic acids is 2. The van der Waals surface area contributed by atoms with E-state index in [2.05, 4.69) is 26.1 Å². The standard InChI is InChI=1S/C17H20ClN5O3/c1-2-7-19-16(24)11-5-6-12(18)13(8-11)21-17(25)20-9-14-22-15(23-26-14)10-3-4-10/h5-6,8,10H,2-4,7,9H2,1H3,(H,19,24)(H2,20,21,25). The maximum atomic E-state index is 12.1. The smallest absolute Gasteiger partial charge is 0.319 e. The second-order valence-corrected chi connectivity index (χ2v) is 6.49. The molecule has 3 amide bonds. The zero-order valence-corrected chi connectivity index (χ0v) is 15.1. The molecule has 0 saturated heterocycles. The van der Waals surface area contributed by atoms with E-state index in [4.69, 9.17) is 16.1 Å². The lowest BCUT2D eigenvalue weighted by Gasteiger charge is -2.10. The number of benzene rings is 1. The summed E-state index contributed by atoms with van der Waals surface area (Å²) in [5, 5.41) is 12.2. The first kappa shape index (κ1) is 18.2. The van der Waals surface area contributed by atoms with Crippen LogP contribution >= 0.6 is 11.6 Å². The molecule has 3 N–H and O–H groups in total. The zero-order valence-electron chi connectivity index (χ0n) is 14.3. The molecule has 9 heteroatoms. The number of urea groups is 1. The SMILES string of the molecule is CCCNC(=O)c1ccc(Cl)c(NC(=O)NCc2nc(C3CC3)no2)c1. The second kappa shape index (κ2) is 8.18. The van der Waals surface area contributed by atoms with Crippen LogP contribution in [-0.4, -0.2) is 28.6 Å². The van der Waals surface area contributed by atoms with Crippen molar-refractivity contribution in [2.24, 2.45) is 0 Å². The van der Waals surface area contributed by atoms with Gasteiger partial charge in [-0.2, -0.15) is 4.98 Å². The minimum absolute atomic E-state index is 0.111. The molecule has 8 nitrogen and oxygen atoms in total. The molecular weight excluding hydrogens is 358 g/mol. The third kappa shape index (κ3) is 4.72. The Morgan fingerprint density at radius 1 is 1.31 bits per heavy atom. The number of nitrogens with one attached hydrogen (secondary N) is 3. The lowest BCUT2D eigenvalue weighted by molar-refractivity contribution is 0.0953. The summed E-state index contributed by atoms with van der Waals surface area (Å²) < 4.78 is 5.10. The number of hydrogen-bond donors (Lipinski definition) is 3. The van der Waals surface area contributed by atoms with Crippen LogP contribution in [-0.2, 0) is 6.54 Å². The van der Waals surface area contributed by atoms with Gasteiger partial charge in [0.05, 0.1) is 17.3 Å². The van der Waals surface area contributed by atoms with Crippen LogP contribution in [0.1, 0.15) is 54.2 Å². The molecule has 0 spiro atoms. The molecular formula is C17H20ClN5O3. The molecule has 0 bridgehead atoms. The van der Waals surface area contributed by atoms with E-state index in [9.17, 15) is 9.59 Å². The highest BCUT2D eigenvalue weighted by Gasteiger charge is 2.28. The molecule has 1 fully saturated rings. The quantitative estimate of drug-likeness (QED) is 0.687. The van der Waals surface area contributed by atoms with Crippen LogP contribution in [0.4, 0.5) is 10.5 Å². The van der Waals surface area contributed by atoms with Crippen molar-refractivity contribution in [1.82, 2.24) is 20.8 Å². The number of rotatable bonds is 7. The summed E-state index contributed by atoms with van der Waals surface area (Å²) in [5.41, 5.74) is 0.765. The number of amides is 3. The van der Waals surface area contributed by atoms with Crippen LogP contribution in [0.5, 0.6) is 0 Å².